The summed E-state index contributed by atoms with van der Waals surface area (Å²) in [5.74, 6) is 1.34. The van der Waals surface area contributed by atoms with Crippen LogP contribution in [0.2, 0.25) is 0 Å². The van der Waals surface area contributed by atoms with Crippen molar-refractivity contribution in [2.24, 2.45) is 5.92 Å². The Morgan fingerprint density at radius 2 is 1.96 bits per heavy atom. The number of aromatic nitrogens is 3. The Kier molecular flexibility index (Phi) is 3.65. The Balaban J connectivity index is 1.58. The quantitative estimate of drug-likeness (QED) is 0.757. The molecule has 2 heterocycles. The second-order valence-corrected chi connectivity index (χ2v) is 6.16. The summed E-state index contributed by atoms with van der Waals surface area (Å²) in [6, 6.07) is 16.1. The van der Waals surface area contributed by atoms with E-state index in [0.717, 1.165) is 18.7 Å². The van der Waals surface area contributed by atoms with Crippen molar-refractivity contribution in [2.45, 2.75) is 25.8 Å². The summed E-state index contributed by atoms with van der Waals surface area (Å²) in [4.78, 5) is 16.3. The van der Waals surface area contributed by atoms with Crippen molar-refractivity contribution in [2.75, 3.05) is 10.6 Å². The van der Waals surface area contributed by atoms with E-state index in [9.17, 15) is 4.79 Å². The lowest BCUT2D eigenvalue weighted by molar-refractivity contribution is -0.117. The van der Waals surface area contributed by atoms with Gasteiger partial charge >= 0.3 is 0 Å². The third kappa shape index (κ3) is 2.95. The molecule has 1 amide bonds. The number of carbonyl (C=O) groups is 1. The lowest BCUT2D eigenvalue weighted by atomic mass is 10.1. The van der Waals surface area contributed by atoms with Gasteiger partial charge in [0, 0.05) is 12.0 Å². The minimum atomic E-state index is 0.0121. The van der Waals surface area contributed by atoms with Crippen LogP contribution in [0.25, 0.3) is 5.65 Å². The smallest absolute Gasteiger partial charge is 0.249 e. The number of fused-ring (bicyclic) bond motifs is 1. The van der Waals surface area contributed by atoms with E-state index in [2.05, 4.69) is 39.8 Å². The summed E-state index contributed by atoms with van der Waals surface area (Å²) in [6.45, 7) is 2.10. The fraction of sp³-hybridized carbons (Fsp3) is 0.278. The average Bonchev–Trinajstić information content (AvgIpc) is 3.37. The molecule has 6 nitrogen and oxygen atoms in total. The summed E-state index contributed by atoms with van der Waals surface area (Å²) < 4.78 is 1.72. The van der Waals surface area contributed by atoms with Gasteiger partial charge in [0.05, 0.1) is 0 Å². The monoisotopic (exact) mass is 321 g/mol. The zero-order valence-electron chi connectivity index (χ0n) is 13.4. The van der Waals surface area contributed by atoms with Gasteiger partial charge < -0.3 is 5.32 Å². The molecule has 122 valence electrons. The van der Waals surface area contributed by atoms with Crippen molar-refractivity contribution in [1.29, 1.82) is 0 Å². The summed E-state index contributed by atoms with van der Waals surface area (Å²) in [6.07, 6.45) is 1.92. The summed E-state index contributed by atoms with van der Waals surface area (Å²) in [5, 5.41) is 10.7. The predicted molar refractivity (Wildman–Crippen MR) is 92.8 cm³/mol. The average molecular weight is 321 g/mol. The minimum absolute atomic E-state index is 0.0121. The van der Waals surface area contributed by atoms with Gasteiger partial charge in [-0.05, 0) is 37.5 Å². The molecule has 6 heteroatoms. The third-order valence-corrected chi connectivity index (χ3v) is 4.21. The second-order valence-electron chi connectivity index (χ2n) is 6.16. The van der Waals surface area contributed by atoms with Gasteiger partial charge in [-0.1, -0.05) is 36.4 Å². The van der Waals surface area contributed by atoms with Gasteiger partial charge in [-0.15, -0.1) is 5.10 Å². The molecule has 24 heavy (non-hydrogen) atoms. The van der Waals surface area contributed by atoms with Crippen LogP contribution in [-0.2, 0) is 4.79 Å². The van der Waals surface area contributed by atoms with E-state index >= 15 is 0 Å². The Hall–Kier alpha value is -2.89. The first-order chi connectivity index (χ1) is 11.7. The summed E-state index contributed by atoms with van der Waals surface area (Å²) in [5.41, 5.74) is 1.89. The molecule has 0 spiro atoms. The van der Waals surface area contributed by atoms with E-state index < -0.39 is 0 Å². The fourth-order valence-electron chi connectivity index (χ4n) is 2.67. The molecule has 1 unspecified atom stereocenters. The molecule has 0 saturated heterocycles. The zero-order valence-corrected chi connectivity index (χ0v) is 13.4. The maximum absolute atomic E-state index is 11.9. The molecule has 1 saturated carbocycles. The van der Waals surface area contributed by atoms with E-state index in [4.69, 9.17) is 0 Å². The molecule has 2 aromatic heterocycles. The number of nitrogens with zero attached hydrogens (tertiary/aromatic N) is 3. The first-order valence-corrected chi connectivity index (χ1v) is 8.19. The van der Waals surface area contributed by atoms with Gasteiger partial charge in [-0.2, -0.15) is 9.50 Å². The highest BCUT2D eigenvalue weighted by molar-refractivity contribution is 5.92. The maximum Gasteiger partial charge on any atom is 0.249 e. The van der Waals surface area contributed by atoms with Crippen LogP contribution in [0.15, 0.2) is 48.5 Å². The van der Waals surface area contributed by atoms with Gasteiger partial charge in [0.2, 0.25) is 11.9 Å². The summed E-state index contributed by atoms with van der Waals surface area (Å²) in [7, 11) is 0. The molecule has 0 radical (unpaired) electrons. The molecule has 1 aliphatic rings. The standard InChI is InChI=1S/C18H19N5O/c1-12(13-6-3-2-4-7-13)19-15-8-5-9-16-20-18(22-23(15)16)21-17(24)14-10-11-14/h2-9,12,14,19H,10-11H2,1H3,(H,21,22,24). The number of benzene rings is 1. The normalized spacial score (nSPS) is 15.2. The molecule has 0 aliphatic heterocycles. The Morgan fingerprint density at radius 3 is 2.71 bits per heavy atom. The topological polar surface area (TPSA) is 71.3 Å². The van der Waals surface area contributed by atoms with E-state index in [1.807, 2.05) is 36.4 Å². The van der Waals surface area contributed by atoms with Crippen LogP contribution in [-0.4, -0.2) is 20.5 Å². The molecule has 2 N–H and O–H groups in total. The highest BCUT2D eigenvalue weighted by Gasteiger charge is 2.30. The van der Waals surface area contributed by atoms with Crippen molar-refractivity contribution in [1.82, 2.24) is 14.6 Å². The van der Waals surface area contributed by atoms with Crippen LogP contribution in [0.4, 0.5) is 11.8 Å². The first kappa shape index (κ1) is 14.7. The van der Waals surface area contributed by atoms with E-state index in [0.29, 0.717) is 11.6 Å². The molecule has 1 fully saturated rings. The van der Waals surface area contributed by atoms with Crippen LogP contribution in [0, 0.1) is 5.92 Å². The van der Waals surface area contributed by atoms with Crippen molar-refractivity contribution in [3.63, 3.8) is 0 Å². The Labute approximate surface area is 139 Å². The zero-order chi connectivity index (χ0) is 16.5. The van der Waals surface area contributed by atoms with E-state index in [-0.39, 0.29) is 17.9 Å². The number of rotatable bonds is 5. The maximum atomic E-state index is 11.9. The minimum Gasteiger partial charge on any atom is -0.363 e. The van der Waals surface area contributed by atoms with E-state index in [1.165, 1.54) is 5.56 Å². The predicted octanol–water partition coefficient (Wildman–Crippen LogP) is 3.25. The van der Waals surface area contributed by atoms with Gasteiger partial charge in [0.25, 0.3) is 0 Å². The first-order valence-electron chi connectivity index (χ1n) is 8.19. The molecule has 3 aromatic rings. The lowest BCUT2D eigenvalue weighted by Crippen LogP contribution is -2.14. The molecule has 1 aromatic carbocycles. The van der Waals surface area contributed by atoms with Crippen LogP contribution >= 0.6 is 0 Å². The van der Waals surface area contributed by atoms with E-state index in [1.54, 1.807) is 4.52 Å². The van der Waals surface area contributed by atoms with Gasteiger partial charge in [-0.3, -0.25) is 10.1 Å². The van der Waals surface area contributed by atoms with Crippen LogP contribution in [0.3, 0.4) is 0 Å². The van der Waals surface area contributed by atoms with Gasteiger partial charge in [0.1, 0.15) is 5.82 Å². The van der Waals surface area contributed by atoms with Crippen LogP contribution in [0.1, 0.15) is 31.4 Å². The van der Waals surface area contributed by atoms with Crippen LogP contribution in [0.5, 0.6) is 0 Å². The highest BCUT2D eigenvalue weighted by Crippen LogP contribution is 2.30. The second kappa shape index (κ2) is 5.96. The largest absolute Gasteiger partial charge is 0.363 e. The van der Waals surface area contributed by atoms with Gasteiger partial charge in [-0.25, -0.2) is 0 Å². The number of hydrogen-bond acceptors (Lipinski definition) is 4. The number of carbonyl (C=O) groups excluding carboxylic acids is 1. The SMILES string of the molecule is CC(Nc1cccc2nc(NC(=O)C3CC3)nn12)c1ccccc1. The van der Waals surface area contributed by atoms with Crippen molar-refractivity contribution in [3.05, 3.63) is 54.1 Å². The van der Waals surface area contributed by atoms with Crippen molar-refractivity contribution in [3.8, 4) is 0 Å². The molecule has 4 rings (SSSR count). The number of nitrogens with one attached hydrogen (secondary N) is 2. The van der Waals surface area contributed by atoms with Crippen LogP contribution < -0.4 is 10.6 Å². The van der Waals surface area contributed by atoms with Crippen molar-refractivity contribution < 1.29 is 4.79 Å². The summed E-state index contributed by atoms with van der Waals surface area (Å²) >= 11 is 0. The lowest BCUT2D eigenvalue weighted by Gasteiger charge is -2.16. The number of anilines is 2. The Bertz CT molecular complexity index is 870. The Morgan fingerprint density at radius 1 is 1.17 bits per heavy atom. The van der Waals surface area contributed by atoms with Gasteiger partial charge in [0.15, 0.2) is 5.65 Å². The molecular formula is C18H19N5O. The third-order valence-electron chi connectivity index (χ3n) is 4.21. The fourth-order valence-corrected chi connectivity index (χ4v) is 2.67. The van der Waals surface area contributed by atoms with Crippen molar-refractivity contribution >= 4 is 23.3 Å². The number of pyridine rings is 1. The molecule has 1 aliphatic carbocycles. The highest BCUT2D eigenvalue weighted by atomic mass is 16.2. The molecular weight excluding hydrogens is 302 g/mol. The number of amides is 1. The number of hydrogen-bond donors (Lipinski definition) is 2. The molecule has 0 bridgehead atoms. The molecule has 1 atom stereocenters.